The molecule has 21 heavy (non-hydrogen) atoms. The predicted molar refractivity (Wildman–Crippen MR) is 84.9 cm³/mol. The lowest BCUT2D eigenvalue weighted by Crippen LogP contribution is -2.54. The average molecular weight is 291 g/mol. The number of hydrogen-bond donors (Lipinski definition) is 1. The van der Waals surface area contributed by atoms with Gasteiger partial charge < -0.3 is 15.0 Å². The van der Waals surface area contributed by atoms with E-state index in [9.17, 15) is 4.79 Å². The van der Waals surface area contributed by atoms with E-state index < -0.39 is 0 Å². The molecule has 1 aliphatic rings. The largest absolute Gasteiger partial charge is 0.495 e. The third-order valence-electron chi connectivity index (χ3n) is 4.02. The van der Waals surface area contributed by atoms with Crippen molar-refractivity contribution in [2.24, 2.45) is 0 Å². The van der Waals surface area contributed by atoms with E-state index in [1.165, 1.54) is 0 Å². The molecule has 5 heteroatoms. The fourth-order valence-electron chi connectivity index (χ4n) is 2.73. The van der Waals surface area contributed by atoms with Crippen LogP contribution in [-0.2, 0) is 4.79 Å². The maximum atomic E-state index is 11.9. The Morgan fingerprint density at radius 2 is 1.95 bits per heavy atom. The number of piperazine rings is 1. The van der Waals surface area contributed by atoms with Gasteiger partial charge in [-0.3, -0.25) is 9.69 Å². The number of likely N-dealkylation sites (N-methyl/N-ethyl adjacent to an activating group) is 1. The Labute approximate surface area is 126 Å². The van der Waals surface area contributed by atoms with Crippen LogP contribution < -0.4 is 15.0 Å². The van der Waals surface area contributed by atoms with Gasteiger partial charge in [0.15, 0.2) is 0 Å². The standard InChI is InChI=1S/C16H25N3O2/c1-4-17-16(20)13(2)18-9-11-19(12-10-18)14-7-5-6-8-15(14)21-3/h5-8,13H,4,9-12H2,1-3H3,(H,17,20)/t13-/m1/s1. The molecule has 1 fully saturated rings. The van der Waals surface area contributed by atoms with Crippen molar-refractivity contribution in [3.8, 4) is 5.75 Å². The van der Waals surface area contributed by atoms with Gasteiger partial charge in [0.1, 0.15) is 5.75 Å². The van der Waals surface area contributed by atoms with Gasteiger partial charge in [-0.15, -0.1) is 0 Å². The zero-order valence-electron chi connectivity index (χ0n) is 13.1. The highest BCUT2D eigenvalue weighted by molar-refractivity contribution is 5.81. The molecule has 5 nitrogen and oxygen atoms in total. The van der Waals surface area contributed by atoms with E-state index in [1.54, 1.807) is 7.11 Å². The van der Waals surface area contributed by atoms with Crippen molar-refractivity contribution >= 4 is 11.6 Å². The van der Waals surface area contributed by atoms with Crippen molar-refractivity contribution < 1.29 is 9.53 Å². The van der Waals surface area contributed by atoms with Crippen LogP contribution in [0.15, 0.2) is 24.3 Å². The van der Waals surface area contributed by atoms with E-state index in [4.69, 9.17) is 4.74 Å². The fraction of sp³-hybridized carbons (Fsp3) is 0.562. The number of anilines is 1. The molecule has 1 atom stereocenters. The second-order valence-electron chi connectivity index (χ2n) is 5.27. The van der Waals surface area contributed by atoms with Crippen LogP contribution in [0.25, 0.3) is 0 Å². The highest BCUT2D eigenvalue weighted by Crippen LogP contribution is 2.28. The smallest absolute Gasteiger partial charge is 0.237 e. The van der Waals surface area contributed by atoms with Gasteiger partial charge in [0, 0.05) is 32.7 Å². The molecule has 0 unspecified atom stereocenters. The van der Waals surface area contributed by atoms with Gasteiger partial charge in [-0.25, -0.2) is 0 Å². The van der Waals surface area contributed by atoms with Crippen LogP contribution in [0.1, 0.15) is 13.8 Å². The van der Waals surface area contributed by atoms with Crippen LogP contribution in [0.2, 0.25) is 0 Å². The number of benzene rings is 1. The van der Waals surface area contributed by atoms with E-state index in [-0.39, 0.29) is 11.9 Å². The molecule has 1 amide bonds. The molecule has 1 aliphatic heterocycles. The quantitative estimate of drug-likeness (QED) is 0.889. The molecule has 0 bridgehead atoms. The predicted octanol–water partition coefficient (Wildman–Crippen LogP) is 1.34. The van der Waals surface area contributed by atoms with Crippen LogP contribution >= 0.6 is 0 Å². The Morgan fingerprint density at radius 1 is 1.29 bits per heavy atom. The van der Waals surface area contributed by atoms with Crippen molar-refractivity contribution in [2.45, 2.75) is 19.9 Å². The van der Waals surface area contributed by atoms with Crippen molar-refractivity contribution in [2.75, 3.05) is 44.7 Å². The Hall–Kier alpha value is -1.75. The number of ether oxygens (including phenoxy) is 1. The summed E-state index contributed by atoms with van der Waals surface area (Å²) in [7, 11) is 1.70. The summed E-state index contributed by atoms with van der Waals surface area (Å²) in [5, 5.41) is 2.89. The molecular formula is C16H25N3O2. The van der Waals surface area contributed by atoms with Crippen LogP contribution in [0.5, 0.6) is 5.75 Å². The molecule has 1 N–H and O–H groups in total. The number of nitrogens with zero attached hydrogens (tertiary/aromatic N) is 2. The number of carbonyl (C=O) groups excluding carboxylic acids is 1. The van der Waals surface area contributed by atoms with Crippen LogP contribution in [0.3, 0.4) is 0 Å². The minimum absolute atomic E-state index is 0.0650. The van der Waals surface area contributed by atoms with E-state index in [2.05, 4.69) is 21.2 Å². The lowest BCUT2D eigenvalue weighted by atomic mass is 10.2. The van der Waals surface area contributed by atoms with Gasteiger partial charge >= 0.3 is 0 Å². The first-order chi connectivity index (χ1) is 10.2. The monoisotopic (exact) mass is 291 g/mol. The summed E-state index contributed by atoms with van der Waals surface area (Å²) in [4.78, 5) is 16.5. The third-order valence-corrected chi connectivity index (χ3v) is 4.02. The summed E-state index contributed by atoms with van der Waals surface area (Å²) in [5.74, 6) is 1.02. The number of carbonyl (C=O) groups is 1. The number of para-hydroxylation sites is 2. The van der Waals surface area contributed by atoms with Crippen molar-refractivity contribution in [1.29, 1.82) is 0 Å². The minimum atomic E-state index is -0.0650. The number of hydrogen-bond acceptors (Lipinski definition) is 4. The summed E-state index contributed by atoms with van der Waals surface area (Å²) in [6.45, 7) is 8.19. The SMILES string of the molecule is CCNC(=O)[C@@H](C)N1CCN(c2ccccc2OC)CC1. The summed E-state index contributed by atoms with van der Waals surface area (Å²) in [6, 6.07) is 8.02. The average Bonchev–Trinajstić information content (AvgIpc) is 2.54. The first-order valence-electron chi connectivity index (χ1n) is 7.57. The van der Waals surface area contributed by atoms with Crippen molar-refractivity contribution in [3.63, 3.8) is 0 Å². The summed E-state index contributed by atoms with van der Waals surface area (Å²) >= 11 is 0. The lowest BCUT2D eigenvalue weighted by Gasteiger charge is -2.38. The molecule has 1 aromatic carbocycles. The number of nitrogens with one attached hydrogen (secondary N) is 1. The van der Waals surface area contributed by atoms with Crippen LogP contribution in [-0.4, -0.2) is 56.7 Å². The summed E-state index contributed by atoms with van der Waals surface area (Å²) < 4.78 is 5.42. The number of amides is 1. The van der Waals surface area contributed by atoms with Gasteiger partial charge in [0.05, 0.1) is 18.8 Å². The van der Waals surface area contributed by atoms with E-state index in [1.807, 2.05) is 32.0 Å². The summed E-state index contributed by atoms with van der Waals surface area (Å²) in [5.41, 5.74) is 1.13. The number of rotatable bonds is 5. The molecule has 0 aromatic heterocycles. The van der Waals surface area contributed by atoms with E-state index in [0.717, 1.165) is 37.6 Å². The second-order valence-corrected chi connectivity index (χ2v) is 5.27. The normalized spacial score (nSPS) is 17.4. The van der Waals surface area contributed by atoms with Crippen molar-refractivity contribution in [3.05, 3.63) is 24.3 Å². The van der Waals surface area contributed by atoms with Gasteiger partial charge in [-0.2, -0.15) is 0 Å². The van der Waals surface area contributed by atoms with Crippen molar-refractivity contribution in [1.82, 2.24) is 10.2 Å². The molecule has 0 aliphatic carbocycles. The molecule has 1 aromatic rings. The van der Waals surface area contributed by atoms with E-state index in [0.29, 0.717) is 6.54 Å². The van der Waals surface area contributed by atoms with E-state index >= 15 is 0 Å². The topological polar surface area (TPSA) is 44.8 Å². The van der Waals surface area contributed by atoms with Gasteiger partial charge in [-0.05, 0) is 26.0 Å². The van der Waals surface area contributed by atoms with Gasteiger partial charge in [0.25, 0.3) is 0 Å². The second kappa shape index (κ2) is 7.31. The Kier molecular flexibility index (Phi) is 5.44. The Balaban J connectivity index is 1.95. The molecule has 1 heterocycles. The maximum absolute atomic E-state index is 11.9. The molecular weight excluding hydrogens is 266 g/mol. The van der Waals surface area contributed by atoms with Gasteiger partial charge in [0.2, 0.25) is 5.91 Å². The van der Waals surface area contributed by atoms with Crippen LogP contribution in [0, 0.1) is 0 Å². The molecule has 116 valence electrons. The maximum Gasteiger partial charge on any atom is 0.237 e. The third kappa shape index (κ3) is 3.67. The highest BCUT2D eigenvalue weighted by Gasteiger charge is 2.26. The molecule has 0 spiro atoms. The lowest BCUT2D eigenvalue weighted by molar-refractivity contribution is -0.125. The molecule has 2 rings (SSSR count). The number of methoxy groups -OCH3 is 1. The Morgan fingerprint density at radius 3 is 2.57 bits per heavy atom. The summed E-state index contributed by atoms with van der Waals surface area (Å²) in [6.07, 6.45) is 0. The van der Waals surface area contributed by atoms with Crippen LogP contribution in [0.4, 0.5) is 5.69 Å². The first-order valence-corrected chi connectivity index (χ1v) is 7.57. The fourth-order valence-corrected chi connectivity index (χ4v) is 2.73. The zero-order valence-corrected chi connectivity index (χ0v) is 13.1. The molecule has 1 saturated heterocycles. The Bertz CT molecular complexity index is 470. The van der Waals surface area contributed by atoms with Gasteiger partial charge in [-0.1, -0.05) is 12.1 Å². The first kappa shape index (κ1) is 15.6. The highest BCUT2D eigenvalue weighted by atomic mass is 16.5. The molecule has 0 saturated carbocycles. The molecule has 0 radical (unpaired) electrons. The minimum Gasteiger partial charge on any atom is -0.495 e. The zero-order chi connectivity index (χ0) is 15.2.